The minimum absolute atomic E-state index is 0. The second-order valence-electron chi connectivity index (χ2n) is 5.23. The molecule has 0 bridgehead atoms. The first-order valence-corrected chi connectivity index (χ1v) is 7.72. The standard InChI is InChI=1S/C19H21NO3.ClH/c1-2-23-18(21)12-7-14-3-8-16(9-4-14)19(22)17-10-5-15(13-20)6-11-17;/h3-6,8-11H,2,7,12-13,20H2,1H3;1H. The van der Waals surface area contributed by atoms with Gasteiger partial charge in [0.2, 0.25) is 0 Å². The van der Waals surface area contributed by atoms with E-state index in [1.54, 1.807) is 31.2 Å². The molecular formula is C19H22ClNO3. The Balaban J connectivity index is 0.00000288. The van der Waals surface area contributed by atoms with Gasteiger partial charge in [0.15, 0.2) is 5.78 Å². The van der Waals surface area contributed by atoms with E-state index in [9.17, 15) is 9.59 Å². The molecule has 2 aromatic rings. The Hall–Kier alpha value is -2.17. The van der Waals surface area contributed by atoms with Crippen molar-refractivity contribution >= 4 is 24.2 Å². The number of carbonyl (C=O) groups is 2. The molecule has 128 valence electrons. The predicted octanol–water partition coefficient (Wildman–Crippen LogP) is 3.29. The van der Waals surface area contributed by atoms with Crippen LogP contribution in [0.1, 0.15) is 40.4 Å². The number of nitrogens with two attached hydrogens (primary N) is 1. The summed E-state index contributed by atoms with van der Waals surface area (Å²) in [5.41, 5.74) is 8.83. The normalized spacial score (nSPS) is 9.92. The Kier molecular flexibility index (Phi) is 8.16. The summed E-state index contributed by atoms with van der Waals surface area (Å²) < 4.78 is 4.90. The highest BCUT2D eigenvalue weighted by Crippen LogP contribution is 2.13. The zero-order valence-corrected chi connectivity index (χ0v) is 14.5. The maximum absolute atomic E-state index is 12.4. The van der Waals surface area contributed by atoms with Crippen molar-refractivity contribution in [2.45, 2.75) is 26.3 Å². The highest BCUT2D eigenvalue weighted by atomic mass is 35.5. The molecule has 0 spiro atoms. The predicted molar refractivity (Wildman–Crippen MR) is 96.4 cm³/mol. The van der Waals surface area contributed by atoms with E-state index < -0.39 is 0 Å². The van der Waals surface area contributed by atoms with Crippen LogP contribution >= 0.6 is 12.4 Å². The van der Waals surface area contributed by atoms with Crippen molar-refractivity contribution < 1.29 is 14.3 Å². The average Bonchev–Trinajstić information content (AvgIpc) is 2.60. The smallest absolute Gasteiger partial charge is 0.306 e. The summed E-state index contributed by atoms with van der Waals surface area (Å²) >= 11 is 0. The lowest BCUT2D eigenvalue weighted by molar-refractivity contribution is -0.143. The fraction of sp³-hybridized carbons (Fsp3) is 0.263. The van der Waals surface area contributed by atoms with Crippen LogP contribution in [-0.4, -0.2) is 18.4 Å². The molecule has 0 amide bonds. The monoisotopic (exact) mass is 347 g/mol. The molecule has 0 aliphatic rings. The SMILES string of the molecule is CCOC(=O)CCc1ccc(C(=O)c2ccc(CN)cc2)cc1.Cl. The molecule has 2 rings (SSSR count). The lowest BCUT2D eigenvalue weighted by Crippen LogP contribution is -2.05. The van der Waals surface area contributed by atoms with Gasteiger partial charge in [0.1, 0.15) is 0 Å². The molecule has 24 heavy (non-hydrogen) atoms. The van der Waals surface area contributed by atoms with Gasteiger partial charge in [-0.1, -0.05) is 48.5 Å². The summed E-state index contributed by atoms with van der Waals surface area (Å²) in [5.74, 6) is -0.224. The van der Waals surface area contributed by atoms with Gasteiger partial charge in [0.25, 0.3) is 0 Å². The second kappa shape index (κ2) is 9.85. The van der Waals surface area contributed by atoms with Gasteiger partial charge in [-0.25, -0.2) is 0 Å². The number of aryl methyl sites for hydroxylation is 1. The molecule has 0 aromatic heterocycles. The largest absolute Gasteiger partial charge is 0.466 e. The summed E-state index contributed by atoms with van der Waals surface area (Å²) in [5, 5.41) is 0. The van der Waals surface area contributed by atoms with E-state index in [2.05, 4.69) is 0 Å². The number of benzene rings is 2. The van der Waals surface area contributed by atoms with Crippen LogP contribution in [0, 0.1) is 0 Å². The fourth-order valence-electron chi connectivity index (χ4n) is 2.26. The number of rotatable bonds is 7. The fourth-order valence-corrected chi connectivity index (χ4v) is 2.26. The van der Waals surface area contributed by atoms with Gasteiger partial charge in [-0.15, -0.1) is 12.4 Å². The van der Waals surface area contributed by atoms with Crippen LogP contribution in [0.25, 0.3) is 0 Å². The Bertz CT molecular complexity index is 666. The van der Waals surface area contributed by atoms with Crippen molar-refractivity contribution in [1.29, 1.82) is 0 Å². The van der Waals surface area contributed by atoms with Crippen LogP contribution in [-0.2, 0) is 22.5 Å². The summed E-state index contributed by atoms with van der Waals surface area (Å²) in [6.07, 6.45) is 0.959. The van der Waals surface area contributed by atoms with E-state index in [1.165, 1.54) is 0 Å². The van der Waals surface area contributed by atoms with Crippen LogP contribution in [0.5, 0.6) is 0 Å². The molecule has 0 fully saturated rings. The van der Waals surface area contributed by atoms with Gasteiger partial charge >= 0.3 is 5.97 Å². The van der Waals surface area contributed by atoms with Gasteiger partial charge in [0, 0.05) is 24.1 Å². The number of ketones is 1. The van der Waals surface area contributed by atoms with E-state index in [1.807, 2.05) is 24.3 Å². The maximum atomic E-state index is 12.4. The van der Waals surface area contributed by atoms with Crippen LogP contribution in [0.2, 0.25) is 0 Å². The second-order valence-corrected chi connectivity index (χ2v) is 5.23. The molecule has 0 heterocycles. The van der Waals surface area contributed by atoms with E-state index in [-0.39, 0.29) is 24.2 Å². The van der Waals surface area contributed by atoms with Crippen molar-refractivity contribution in [3.63, 3.8) is 0 Å². The molecular weight excluding hydrogens is 326 g/mol. The van der Waals surface area contributed by atoms with Gasteiger partial charge < -0.3 is 10.5 Å². The first kappa shape index (κ1) is 19.9. The topological polar surface area (TPSA) is 69.4 Å². The van der Waals surface area contributed by atoms with Crippen molar-refractivity contribution in [3.05, 3.63) is 70.8 Å². The lowest BCUT2D eigenvalue weighted by atomic mass is 10.00. The number of carbonyl (C=O) groups excluding carboxylic acids is 2. The van der Waals surface area contributed by atoms with Crippen molar-refractivity contribution in [3.8, 4) is 0 Å². The first-order valence-electron chi connectivity index (χ1n) is 7.72. The average molecular weight is 348 g/mol. The Labute approximate surface area is 148 Å². The third-order valence-electron chi connectivity index (χ3n) is 3.59. The molecule has 0 atom stereocenters. The molecule has 2 aromatic carbocycles. The highest BCUT2D eigenvalue weighted by molar-refractivity contribution is 6.09. The van der Waals surface area contributed by atoms with E-state index in [0.717, 1.165) is 11.1 Å². The van der Waals surface area contributed by atoms with Crippen LogP contribution in [0.3, 0.4) is 0 Å². The van der Waals surface area contributed by atoms with Crippen LogP contribution < -0.4 is 5.73 Å². The van der Waals surface area contributed by atoms with Gasteiger partial charge in [-0.2, -0.15) is 0 Å². The molecule has 4 nitrogen and oxygen atoms in total. The molecule has 0 aliphatic heterocycles. The zero-order chi connectivity index (χ0) is 16.7. The summed E-state index contributed by atoms with van der Waals surface area (Å²) in [6, 6.07) is 14.6. The van der Waals surface area contributed by atoms with Crippen LogP contribution in [0.4, 0.5) is 0 Å². The van der Waals surface area contributed by atoms with E-state index in [4.69, 9.17) is 10.5 Å². The van der Waals surface area contributed by atoms with Gasteiger partial charge in [-0.3, -0.25) is 9.59 Å². The molecule has 0 unspecified atom stereocenters. The number of halogens is 1. The third-order valence-corrected chi connectivity index (χ3v) is 3.59. The van der Waals surface area contributed by atoms with Crippen molar-refractivity contribution in [1.82, 2.24) is 0 Å². The molecule has 0 saturated heterocycles. The molecule has 0 radical (unpaired) electrons. The summed E-state index contributed by atoms with van der Waals surface area (Å²) in [6.45, 7) is 2.65. The minimum Gasteiger partial charge on any atom is -0.466 e. The quantitative estimate of drug-likeness (QED) is 0.616. The third kappa shape index (κ3) is 5.48. The molecule has 0 saturated carbocycles. The van der Waals surface area contributed by atoms with E-state index >= 15 is 0 Å². The number of esters is 1. The Morgan fingerprint density at radius 1 is 0.917 bits per heavy atom. The molecule has 5 heteroatoms. The Morgan fingerprint density at radius 3 is 1.88 bits per heavy atom. The first-order chi connectivity index (χ1) is 11.1. The number of ether oxygens (including phenoxy) is 1. The van der Waals surface area contributed by atoms with Crippen LogP contribution in [0.15, 0.2) is 48.5 Å². The maximum Gasteiger partial charge on any atom is 0.306 e. The lowest BCUT2D eigenvalue weighted by Gasteiger charge is -2.05. The van der Waals surface area contributed by atoms with Gasteiger partial charge in [-0.05, 0) is 24.5 Å². The number of hydrogen-bond acceptors (Lipinski definition) is 4. The highest BCUT2D eigenvalue weighted by Gasteiger charge is 2.09. The minimum atomic E-state index is -0.201. The van der Waals surface area contributed by atoms with Crippen molar-refractivity contribution in [2.75, 3.05) is 6.61 Å². The van der Waals surface area contributed by atoms with Gasteiger partial charge in [0.05, 0.1) is 6.61 Å². The summed E-state index contributed by atoms with van der Waals surface area (Å²) in [4.78, 5) is 23.7. The molecule has 0 aliphatic carbocycles. The summed E-state index contributed by atoms with van der Waals surface area (Å²) in [7, 11) is 0. The Morgan fingerprint density at radius 2 is 1.42 bits per heavy atom. The zero-order valence-electron chi connectivity index (χ0n) is 13.7. The molecule has 2 N–H and O–H groups in total. The van der Waals surface area contributed by atoms with Crippen molar-refractivity contribution in [2.24, 2.45) is 5.73 Å². The van der Waals surface area contributed by atoms with E-state index in [0.29, 0.717) is 37.1 Å². The number of hydrogen-bond donors (Lipinski definition) is 1.